The van der Waals surface area contributed by atoms with Gasteiger partial charge in [0.25, 0.3) is 5.91 Å². The first-order valence-electron chi connectivity index (χ1n) is 9.44. The molecule has 6 heteroatoms. The van der Waals surface area contributed by atoms with Gasteiger partial charge < -0.3 is 10.2 Å². The Morgan fingerprint density at radius 1 is 1.18 bits per heavy atom. The lowest BCUT2D eigenvalue weighted by Gasteiger charge is -2.16. The lowest BCUT2D eigenvalue weighted by molar-refractivity contribution is 0.0940. The van der Waals surface area contributed by atoms with Gasteiger partial charge in [-0.25, -0.2) is 4.39 Å². The summed E-state index contributed by atoms with van der Waals surface area (Å²) in [5.41, 5.74) is 4.60. The maximum Gasteiger partial charge on any atom is 0.251 e. The van der Waals surface area contributed by atoms with E-state index in [-0.39, 0.29) is 17.8 Å². The normalized spacial score (nSPS) is 16.4. The number of carbonyl (C=O) groups is 1. The molecule has 1 atom stereocenters. The van der Waals surface area contributed by atoms with Crippen molar-refractivity contribution in [3.8, 4) is 11.3 Å². The number of aryl methyl sites for hydroxylation is 2. The Morgan fingerprint density at radius 3 is 2.71 bits per heavy atom. The van der Waals surface area contributed by atoms with E-state index in [1.54, 1.807) is 12.1 Å². The molecule has 1 saturated heterocycles. The lowest BCUT2D eigenvalue weighted by Crippen LogP contribution is -2.37. The molecule has 144 valence electrons. The molecule has 3 aromatic rings. The zero-order chi connectivity index (χ0) is 19.7. The molecule has 0 bridgehead atoms. The first-order valence-corrected chi connectivity index (χ1v) is 9.44. The van der Waals surface area contributed by atoms with Gasteiger partial charge in [0.1, 0.15) is 5.82 Å². The zero-order valence-electron chi connectivity index (χ0n) is 16.0. The number of H-pyrrole nitrogens is 1. The molecule has 1 aliphatic rings. The van der Waals surface area contributed by atoms with Crippen molar-refractivity contribution in [1.29, 1.82) is 0 Å². The molecular formula is C22H23FN4O. The highest BCUT2D eigenvalue weighted by atomic mass is 19.1. The number of aromatic amines is 1. The second-order valence-corrected chi connectivity index (χ2v) is 7.37. The number of aromatic nitrogens is 2. The number of amides is 1. The summed E-state index contributed by atoms with van der Waals surface area (Å²) < 4.78 is 13.1. The molecule has 5 nitrogen and oxygen atoms in total. The quantitative estimate of drug-likeness (QED) is 0.725. The van der Waals surface area contributed by atoms with E-state index in [2.05, 4.69) is 20.4 Å². The number of benzene rings is 2. The van der Waals surface area contributed by atoms with Crippen molar-refractivity contribution in [1.82, 2.24) is 15.5 Å². The molecule has 1 unspecified atom stereocenters. The zero-order valence-corrected chi connectivity index (χ0v) is 16.0. The Bertz CT molecular complexity index is 996. The average Bonchev–Trinajstić information content (AvgIpc) is 3.31. The van der Waals surface area contributed by atoms with Crippen LogP contribution in [0.4, 0.5) is 10.2 Å². The number of anilines is 1. The molecule has 0 radical (unpaired) electrons. The minimum Gasteiger partial charge on any atom is -0.353 e. The molecule has 2 N–H and O–H groups in total. The molecule has 4 rings (SSSR count). The topological polar surface area (TPSA) is 61.0 Å². The third-order valence-corrected chi connectivity index (χ3v) is 5.19. The van der Waals surface area contributed by atoms with E-state index in [1.165, 1.54) is 12.1 Å². The highest BCUT2D eigenvalue weighted by molar-refractivity contribution is 5.96. The van der Waals surface area contributed by atoms with Gasteiger partial charge in [0, 0.05) is 30.8 Å². The van der Waals surface area contributed by atoms with E-state index in [9.17, 15) is 9.18 Å². The summed E-state index contributed by atoms with van der Waals surface area (Å²) in [7, 11) is 0. The summed E-state index contributed by atoms with van der Waals surface area (Å²) in [6.45, 7) is 5.52. The molecule has 2 heterocycles. The van der Waals surface area contributed by atoms with Crippen molar-refractivity contribution in [2.24, 2.45) is 0 Å². The van der Waals surface area contributed by atoms with Crippen LogP contribution >= 0.6 is 0 Å². The molecule has 28 heavy (non-hydrogen) atoms. The van der Waals surface area contributed by atoms with Gasteiger partial charge in [-0.2, -0.15) is 5.10 Å². The average molecular weight is 378 g/mol. The SMILES string of the molecule is Cc1ccc(C(=O)NC2CCN(c3cc(-c4ccc(F)cc4)[nH]n3)C2)c(C)c1. The maximum absolute atomic E-state index is 13.1. The van der Waals surface area contributed by atoms with Gasteiger partial charge in [0.2, 0.25) is 0 Å². The number of rotatable bonds is 4. The Hall–Kier alpha value is -3.15. The maximum atomic E-state index is 13.1. The molecule has 2 aromatic carbocycles. The standard InChI is InChI=1S/C22H23FN4O/c1-14-3-8-19(15(2)11-14)22(28)24-18-9-10-27(13-18)21-12-20(25-26-21)16-4-6-17(23)7-5-16/h3-8,11-12,18H,9-10,13H2,1-2H3,(H,24,28)(H,25,26). The van der Waals surface area contributed by atoms with E-state index in [1.807, 2.05) is 38.1 Å². The van der Waals surface area contributed by atoms with Crippen LogP contribution in [-0.2, 0) is 0 Å². The minimum absolute atomic E-state index is 0.0293. The number of nitrogens with zero attached hydrogens (tertiary/aromatic N) is 2. The predicted molar refractivity (Wildman–Crippen MR) is 108 cm³/mol. The van der Waals surface area contributed by atoms with Crippen molar-refractivity contribution in [3.05, 3.63) is 71.0 Å². The molecular weight excluding hydrogens is 355 g/mol. The van der Waals surface area contributed by atoms with Gasteiger partial charge >= 0.3 is 0 Å². The van der Waals surface area contributed by atoms with E-state index < -0.39 is 0 Å². The fraction of sp³-hybridized carbons (Fsp3) is 0.273. The van der Waals surface area contributed by atoms with Gasteiger partial charge in [0.15, 0.2) is 5.82 Å². The number of hydrogen-bond acceptors (Lipinski definition) is 3. The highest BCUT2D eigenvalue weighted by Gasteiger charge is 2.26. The van der Waals surface area contributed by atoms with E-state index in [4.69, 9.17) is 0 Å². The third-order valence-electron chi connectivity index (χ3n) is 5.19. The second-order valence-electron chi connectivity index (χ2n) is 7.37. The Balaban J connectivity index is 1.40. The Labute approximate surface area is 163 Å². The molecule has 0 spiro atoms. The van der Waals surface area contributed by atoms with Crippen LogP contribution in [0.1, 0.15) is 27.9 Å². The highest BCUT2D eigenvalue weighted by Crippen LogP contribution is 2.25. The van der Waals surface area contributed by atoms with Crippen LogP contribution in [0.15, 0.2) is 48.5 Å². The van der Waals surface area contributed by atoms with Crippen molar-refractivity contribution in [3.63, 3.8) is 0 Å². The molecule has 0 saturated carbocycles. The second kappa shape index (κ2) is 7.46. The summed E-state index contributed by atoms with van der Waals surface area (Å²) in [4.78, 5) is 14.8. The lowest BCUT2D eigenvalue weighted by atomic mass is 10.0. The van der Waals surface area contributed by atoms with Crippen LogP contribution in [0.3, 0.4) is 0 Å². The summed E-state index contributed by atoms with van der Waals surface area (Å²) in [6, 6.07) is 14.2. The van der Waals surface area contributed by atoms with Gasteiger partial charge in [0.05, 0.1) is 5.69 Å². The molecule has 1 aliphatic heterocycles. The number of halogens is 1. The minimum atomic E-state index is -0.259. The number of nitrogens with one attached hydrogen (secondary N) is 2. The monoisotopic (exact) mass is 378 g/mol. The van der Waals surface area contributed by atoms with E-state index in [0.29, 0.717) is 6.54 Å². The van der Waals surface area contributed by atoms with Crippen LogP contribution < -0.4 is 10.2 Å². The molecule has 1 amide bonds. The smallest absolute Gasteiger partial charge is 0.251 e. The summed E-state index contributed by atoms with van der Waals surface area (Å²) in [5, 5.41) is 10.5. The fourth-order valence-electron chi connectivity index (χ4n) is 3.67. The van der Waals surface area contributed by atoms with Gasteiger partial charge in [-0.3, -0.25) is 9.89 Å². The van der Waals surface area contributed by atoms with E-state index in [0.717, 1.165) is 46.7 Å². The van der Waals surface area contributed by atoms with Crippen LogP contribution in [0, 0.1) is 19.7 Å². The number of carbonyl (C=O) groups excluding carboxylic acids is 1. The molecule has 1 fully saturated rings. The summed E-state index contributed by atoms with van der Waals surface area (Å²) in [5.74, 6) is 0.548. The first kappa shape index (κ1) is 18.2. The Kier molecular flexibility index (Phi) is 4.86. The summed E-state index contributed by atoms with van der Waals surface area (Å²) in [6.07, 6.45) is 0.870. The van der Waals surface area contributed by atoms with Crippen LogP contribution in [0.5, 0.6) is 0 Å². The third kappa shape index (κ3) is 3.76. The molecule has 0 aliphatic carbocycles. The number of hydrogen-bond donors (Lipinski definition) is 2. The van der Waals surface area contributed by atoms with Crippen molar-refractivity contribution < 1.29 is 9.18 Å². The summed E-state index contributed by atoms with van der Waals surface area (Å²) >= 11 is 0. The predicted octanol–water partition coefficient (Wildman–Crippen LogP) is 3.84. The largest absolute Gasteiger partial charge is 0.353 e. The van der Waals surface area contributed by atoms with Crippen molar-refractivity contribution >= 4 is 11.7 Å². The van der Waals surface area contributed by atoms with Crippen LogP contribution in [-0.4, -0.2) is 35.2 Å². The fourth-order valence-corrected chi connectivity index (χ4v) is 3.67. The van der Waals surface area contributed by atoms with Gasteiger partial charge in [-0.15, -0.1) is 0 Å². The van der Waals surface area contributed by atoms with Gasteiger partial charge in [-0.05, 0) is 61.7 Å². The molecule has 1 aromatic heterocycles. The van der Waals surface area contributed by atoms with E-state index >= 15 is 0 Å². The van der Waals surface area contributed by atoms with Crippen LogP contribution in [0.2, 0.25) is 0 Å². The van der Waals surface area contributed by atoms with Crippen LogP contribution in [0.25, 0.3) is 11.3 Å². The van der Waals surface area contributed by atoms with Gasteiger partial charge in [-0.1, -0.05) is 17.7 Å². The van der Waals surface area contributed by atoms with Crippen molar-refractivity contribution in [2.75, 3.05) is 18.0 Å². The first-order chi connectivity index (χ1) is 13.5. The Morgan fingerprint density at radius 2 is 1.96 bits per heavy atom. The van der Waals surface area contributed by atoms with Crippen molar-refractivity contribution in [2.45, 2.75) is 26.3 Å².